The van der Waals surface area contributed by atoms with Gasteiger partial charge in [-0.3, -0.25) is 19.0 Å². The SMILES string of the molecule is O=C(c1ccc2c(=O)n3c(nc2c1)CCCCC3)N1CCN(C(=O)c2ccco2)CC1. The predicted octanol–water partition coefficient (Wildman–Crippen LogP) is 2.31. The van der Waals surface area contributed by atoms with Crippen molar-refractivity contribution >= 4 is 22.7 Å². The Morgan fingerprint density at radius 1 is 0.903 bits per heavy atom. The number of benzene rings is 1. The van der Waals surface area contributed by atoms with Gasteiger partial charge in [-0.25, -0.2) is 4.98 Å². The van der Waals surface area contributed by atoms with Gasteiger partial charge >= 0.3 is 0 Å². The summed E-state index contributed by atoms with van der Waals surface area (Å²) >= 11 is 0. The van der Waals surface area contributed by atoms with Gasteiger partial charge in [-0.2, -0.15) is 0 Å². The summed E-state index contributed by atoms with van der Waals surface area (Å²) < 4.78 is 6.97. The van der Waals surface area contributed by atoms with E-state index in [0.717, 1.165) is 31.5 Å². The molecule has 0 spiro atoms. The van der Waals surface area contributed by atoms with E-state index in [1.54, 1.807) is 44.7 Å². The van der Waals surface area contributed by atoms with Crippen LogP contribution in [0.5, 0.6) is 0 Å². The van der Waals surface area contributed by atoms with Crippen LogP contribution in [-0.2, 0) is 13.0 Å². The van der Waals surface area contributed by atoms with Crippen LogP contribution in [0.1, 0.15) is 46.0 Å². The molecule has 0 atom stereocenters. The molecule has 1 saturated heterocycles. The minimum atomic E-state index is -0.159. The Balaban J connectivity index is 1.34. The normalized spacial score (nSPS) is 16.8. The highest BCUT2D eigenvalue weighted by molar-refractivity contribution is 5.98. The van der Waals surface area contributed by atoms with E-state index in [0.29, 0.717) is 55.0 Å². The van der Waals surface area contributed by atoms with Crippen molar-refractivity contribution in [2.75, 3.05) is 26.2 Å². The van der Waals surface area contributed by atoms with E-state index >= 15 is 0 Å². The van der Waals surface area contributed by atoms with E-state index in [-0.39, 0.29) is 17.4 Å². The molecule has 8 nitrogen and oxygen atoms in total. The Morgan fingerprint density at radius 2 is 1.68 bits per heavy atom. The molecule has 0 bridgehead atoms. The molecular weight excluding hydrogens is 396 g/mol. The average molecular weight is 420 g/mol. The number of hydrogen-bond acceptors (Lipinski definition) is 5. The van der Waals surface area contributed by atoms with Crippen LogP contribution in [0.25, 0.3) is 10.9 Å². The van der Waals surface area contributed by atoms with Crippen molar-refractivity contribution in [2.24, 2.45) is 0 Å². The molecule has 3 aromatic rings. The molecule has 0 N–H and O–H groups in total. The van der Waals surface area contributed by atoms with Gasteiger partial charge < -0.3 is 14.2 Å². The molecule has 0 radical (unpaired) electrons. The average Bonchev–Trinajstić information content (AvgIpc) is 3.24. The molecule has 0 saturated carbocycles. The molecule has 1 fully saturated rings. The van der Waals surface area contributed by atoms with Gasteiger partial charge in [0.25, 0.3) is 17.4 Å². The zero-order valence-electron chi connectivity index (χ0n) is 17.2. The number of amides is 2. The van der Waals surface area contributed by atoms with Crippen molar-refractivity contribution in [3.05, 3.63) is 64.1 Å². The second-order valence-electron chi connectivity index (χ2n) is 8.09. The summed E-state index contributed by atoms with van der Waals surface area (Å²) in [6.07, 6.45) is 5.38. The molecule has 8 heteroatoms. The monoisotopic (exact) mass is 420 g/mol. The van der Waals surface area contributed by atoms with Crippen LogP contribution >= 0.6 is 0 Å². The van der Waals surface area contributed by atoms with Gasteiger partial charge in [-0.1, -0.05) is 6.42 Å². The number of carbonyl (C=O) groups excluding carboxylic acids is 2. The summed E-state index contributed by atoms with van der Waals surface area (Å²) in [5, 5.41) is 0.552. The number of aromatic nitrogens is 2. The second kappa shape index (κ2) is 8.02. The Kier molecular flexibility index (Phi) is 5.05. The van der Waals surface area contributed by atoms with Crippen molar-refractivity contribution in [1.82, 2.24) is 19.4 Å². The first-order chi connectivity index (χ1) is 15.1. The summed E-state index contributed by atoms with van der Waals surface area (Å²) in [5.41, 5.74) is 1.07. The van der Waals surface area contributed by atoms with E-state index < -0.39 is 0 Å². The van der Waals surface area contributed by atoms with Crippen LogP contribution in [0, 0.1) is 0 Å². The minimum absolute atomic E-state index is 0.0223. The number of aryl methyl sites for hydroxylation is 1. The lowest BCUT2D eigenvalue weighted by molar-refractivity contribution is 0.0518. The highest BCUT2D eigenvalue weighted by atomic mass is 16.3. The summed E-state index contributed by atoms with van der Waals surface area (Å²) in [4.78, 5) is 46.5. The van der Waals surface area contributed by atoms with Gasteiger partial charge in [0.2, 0.25) is 0 Å². The number of nitrogens with zero attached hydrogens (tertiary/aromatic N) is 4. The Bertz CT molecular complexity index is 1190. The molecule has 160 valence electrons. The first-order valence-electron chi connectivity index (χ1n) is 10.8. The topological polar surface area (TPSA) is 88.7 Å². The van der Waals surface area contributed by atoms with Gasteiger partial charge in [0.1, 0.15) is 5.82 Å². The van der Waals surface area contributed by atoms with Gasteiger partial charge in [-0.15, -0.1) is 0 Å². The van der Waals surface area contributed by atoms with E-state index in [2.05, 4.69) is 0 Å². The molecule has 2 aliphatic heterocycles. The third-order valence-electron chi connectivity index (χ3n) is 6.15. The minimum Gasteiger partial charge on any atom is -0.459 e. The third kappa shape index (κ3) is 3.62. The third-order valence-corrected chi connectivity index (χ3v) is 6.15. The maximum Gasteiger partial charge on any atom is 0.289 e. The van der Waals surface area contributed by atoms with Gasteiger partial charge in [0, 0.05) is 44.7 Å². The Morgan fingerprint density at radius 3 is 2.42 bits per heavy atom. The number of piperazine rings is 1. The lowest BCUT2D eigenvalue weighted by atomic mass is 10.1. The molecule has 2 aliphatic rings. The number of carbonyl (C=O) groups is 2. The molecule has 5 rings (SSSR count). The van der Waals surface area contributed by atoms with Gasteiger partial charge in [-0.05, 0) is 43.2 Å². The van der Waals surface area contributed by atoms with Crippen molar-refractivity contribution in [2.45, 2.75) is 32.2 Å². The highest BCUT2D eigenvalue weighted by Crippen LogP contribution is 2.18. The highest BCUT2D eigenvalue weighted by Gasteiger charge is 2.27. The summed E-state index contributed by atoms with van der Waals surface area (Å²) in [7, 11) is 0. The zero-order valence-corrected chi connectivity index (χ0v) is 17.2. The van der Waals surface area contributed by atoms with Crippen molar-refractivity contribution in [3.63, 3.8) is 0 Å². The largest absolute Gasteiger partial charge is 0.459 e. The number of rotatable bonds is 2. The number of fused-ring (bicyclic) bond motifs is 2. The molecule has 2 amide bonds. The quantitative estimate of drug-likeness (QED) is 0.635. The Labute approximate surface area is 179 Å². The molecule has 4 heterocycles. The van der Waals surface area contributed by atoms with Crippen LogP contribution in [0.2, 0.25) is 0 Å². The van der Waals surface area contributed by atoms with Crippen LogP contribution < -0.4 is 5.56 Å². The summed E-state index contributed by atoms with van der Waals surface area (Å²) in [6, 6.07) is 8.48. The van der Waals surface area contributed by atoms with Crippen LogP contribution in [0.4, 0.5) is 0 Å². The lowest BCUT2D eigenvalue weighted by Gasteiger charge is -2.34. The van der Waals surface area contributed by atoms with Gasteiger partial charge in [0.15, 0.2) is 5.76 Å². The van der Waals surface area contributed by atoms with Crippen molar-refractivity contribution in [1.29, 1.82) is 0 Å². The molecule has 0 unspecified atom stereocenters. The van der Waals surface area contributed by atoms with Gasteiger partial charge in [0.05, 0.1) is 17.2 Å². The first-order valence-corrected chi connectivity index (χ1v) is 10.8. The summed E-state index contributed by atoms with van der Waals surface area (Å²) in [6.45, 7) is 2.50. The first kappa shape index (κ1) is 19.5. The molecule has 2 aromatic heterocycles. The molecule has 0 aliphatic carbocycles. The fourth-order valence-corrected chi connectivity index (χ4v) is 4.40. The maximum absolute atomic E-state index is 13.1. The van der Waals surface area contributed by atoms with Crippen LogP contribution in [-0.4, -0.2) is 57.3 Å². The molecular formula is C23H24N4O4. The van der Waals surface area contributed by atoms with Crippen molar-refractivity contribution < 1.29 is 14.0 Å². The molecule has 31 heavy (non-hydrogen) atoms. The fourth-order valence-electron chi connectivity index (χ4n) is 4.40. The summed E-state index contributed by atoms with van der Waals surface area (Å²) in [5.74, 6) is 0.854. The van der Waals surface area contributed by atoms with E-state index in [1.165, 1.54) is 6.26 Å². The van der Waals surface area contributed by atoms with Crippen molar-refractivity contribution in [3.8, 4) is 0 Å². The van der Waals surface area contributed by atoms with E-state index in [9.17, 15) is 14.4 Å². The standard InChI is InChI=1S/C23H24N4O4/c28-21(25-10-12-26(13-11-25)23(30)19-5-4-14-31-19)16-7-8-17-18(15-16)24-20-6-2-1-3-9-27(20)22(17)29/h4-5,7-8,14-15H,1-3,6,9-13H2. The smallest absolute Gasteiger partial charge is 0.289 e. The van der Waals surface area contributed by atoms with E-state index in [4.69, 9.17) is 9.40 Å². The number of furan rings is 1. The van der Waals surface area contributed by atoms with Crippen LogP contribution in [0.15, 0.2) is 45.8 Å². The zero-order chi connectivity index (χ0) is 21.4. The predicted molar refractivity (Wildman–Crippen MR) is 114 cm³/mol. The fraction of sp³-hybridized carbons (Fsp3) is 0.391. The number of hydrogen-bond donors (Lipinski definition) is 0. The maximum atomic E-state index is 13.1. The Hall–Kier alpha value is -3.42. The second-order valence-corrected chi connectivity index (χ2v) is 8.09. The van der Waals surface area contributed by atoms with E-state index in [1.807, 2.05) is 0 Å². The lowest BCUT2D eigenvalue weighted by Crippen LogP contribution is -2.50. The van der Waals surface area contributed by atoms with Crippen LogP contribution in [0.3, 0.4) is 0 Å². The molecule has 1 aromatic carbocycles.